The topological polar surface area (TPSA) is 35.2 Å². The van der Waals surface area contributed by atoms with Crippen molar-refractivity contribution in [1.29, 1.82) is 0 Å². The molecule has 0 spiro atoms. The van der Waals surface area contributed by atoms with E-state index in [-0.39, 0.29) is 12.4 Å². The van der Waals surface area contributed by atoms with Crippen molar-refractivity contribution in [2.75, 3.05) is 0 Å². The number of nitrogens with two attached hydrogens (primary N) is 1. The molecule has 0 bridgehead atoms. The summed E-state index contributed by atoms with van der Waals surface area (Å²) in [5.41, 5.74) is 8.51. The lowest BCUT2D eigenvalue weighted by Crippen LogP contribution is -2.02. The molecule has 0 aliphatic carbocycles. The second kappa shape index (κ2) is 5.80. The maximum absolute atomic E-state index is 13.4. The zero-order valence-electron chi connectivity index (χ0n) is 10.6. The van der Waals surface area contributed by atoms with Crippen LogP contribution in [0.2, 0.25) is 0 Å². The molecule has 0 aliphatic rings. The first-order valence-corrected chi connectivity index (χ1v) is 5.96. The molecule has 0 saturated carbocycles. The van der Waals surface area contributed by atoms with Gasteiger partial charge >= 0.3 is 0 Å². The third-order valence-corrected chi connectivity index (χ3v) is 2.92. The van der Waals surface area contributed by atoms with Crippen molar-refractivity contribution in [2.45, 2.75) is 20.1 Å². The zero-order chi connectivity index (χ0) is 13.8. The molecule has 0 unspecified atom stereocenters. The highest BCUT2D eigenvalue weighted by molar-refractivity contribution is 5.31. The molecular formula is C15H15F2NO. The summed E-state index contributed by atoms with van der Waals surface area (Å²) in [5.74, 6) is -1.17. The summed E-state index contributed by atoms with van der Waals surface area (Å²) in [6.07, 6.45) is 0. The molecule has 2 aromatic rings. The maximum Gasteiger partial charge on any atom is 0.165 e. The highest BCUT2D eigenvalue weighted by Gasteiger charge is 2.06. The fourth-order valence-electron chi connectivity index (χ4n) is 1.79. The molecule has 0 aliphatic heterocycles. The van der Waals surface area contributed by atoms with Crippen LogP contribution in [0.15, 0.2) is 36.4 Å². The summed E-state index contributed by atoms with van der Waals surface area (Å²) in [4.78, 5) is 0. The van der Waals surface area contributed by atoms with Crippen LogP contribution in [0.25, 0.3) is 0 Å². The minimum absolute atomic E-state index is 0.0812. The number of hydrogen-bond donors (Lipinski definition) is 1. The van der Waals surface area contributed by atoms with Gasteiger partial charge in [0.1, 0.15) is 12.4 Å². The van der Waals surface area contributed by atoms with Gasteiger partial charge in [0.15, 0.2) is 11.6 Å². The summed E-state index contributed by atoms with van der Waals surface area (Å²) >= 11 is 0. The number of rotatable bonds is 4. The van der Waals surface area contributed by atoms with E-state index in [2.05, 4.69) is 0 Å². The van der Waals surface area contributed by atoms with Gasteiger partial charge in [-0.1, -0.05) is 18.2 Å². The lowest BCUT2D eigenvalue weighted by molar-refractivity contribution is 0.287. The van der Waals surface area contributed by atoms with E-state index in [1.54, 1.807) is 0 Å². The molecule has 0 heterocycles. The molecule has 19 heavy (non-hydrogen) atoms. The van der Waals surface area contributed by atoms with E-state index in [0.717, 1.165) is 34.9 Å². The van der Waals surface area contributed by atoms with Crippen LogP contribution in [-0.4, -0.2) is 0 Å². The van der Waals surface area contributed by atoms with Crippen LogP contribution in [0.3, 0.4) is 0 Å². The second-order valence-electron chi connectivity index (χ2n) is 4.33. The molecule has 2 rings (SSSR count). The van der Waals surface area contributed by atoms with Crippen molar-refractivity contribution in [3.63, 3.8) is 0 Å². The highest BCUT2D eigenvalue weighted by atomic mass is 19.1. The second-order valence-corrected chi connectivity index (χ2v) is 4.33. The van der Waals surface area contributed by atoms with Crippen LogP contribution in [0.4, 0.5) is 8.78 Å². The lowest BCUT2D eigenvalue weighted by Gasteiger charge is -2.10. The monoisotopic (exact) mass is 263 g/mol. The largest absolute Gasteiger partial charge is 0.486 e. The van der Waals surface area contributed by atoms with Crippen LogP contribution in [0.1, 0.15) is 16.7 Å². The molecule has 0 radical (unpaired) electrons. The van der Waals surface area contributed by atoms with Crippen molar-refractivity contribution < 1.29 is 13.5 Å². The molecule has 2 nitrogen and oxygen atoms in total. The lowest BCUT2D eigenvalue weighted by atomic mass is 10.1. The van der Waals surface area contributed by atoms with Gasteiger partial charge in [-0.2, -0.15) is 0 Å². The minimum atomic E-state index is -0.572. The molecule has 0 amide bonds. The Labute approximate surface area is 110 Å². The molecular weight excluding hydrogens is 248 g/mol. The third kappa shape index (κ3) is 3.29. The molecule has 2 N–H and O–H groups in total. The summed E-state index contributed by atoms with van der Waals surface area (Å²) in [6, 6.07) is 8.89. The van der Waals surface area contributed by atoms with Crippen molar-refractivity contribution >= 4 is 0 Å². The van der Waals surface area contributed by atoms with Gasteiger partial charge in [-0.05, 0) is 35.7 Å². The molecule has 4 heteroatoms. The van der Waals surface area contributed by atoms with Crippen molar-refractivity contribution in [1.82, 2.24) is 0 Å². The van der Waals surface area contributed by atoms with Crippen LogP contribution in [0, 0.1) is 18.6 Å². The Bertz CT molecular complexity index is 584. The molecule has 0 atom stereocenters. The third-order valence-electron chi connectivity index (χ3n) is 2.92. The van der Waals surface area contributed by atoms with Crippen molar-refractivity contribution in [3.05, 3.63) is 64.7 Å². The fraction of sp³-hybridized carbons (Fsp3) is 0.200. The average Bonchev–Trinajstić information content (AvgIpc) is 2.40. The molecule has 0 aromatic heterocycles. The average molecular weight is 263 g/mol. The number of ether oxygens (including phenoxy) is 1. The molecule has 0 saturated heterocycles. The summed E-state index contributed by atoms with van der Waals surface area (Å²) < 4.78 is 31.7. The van der Waals surface area contributed by atoms with Gasteiger partial charge in [-0.25, -0.2) is 8.78 Å². The normalized spacial score (nSPS) is 10.5. The van der Waals surface area contributed by atoms with Gasteiger partial charge in [0, 0.05) is 12.6 Å². The summed E-state index contributed by atoms with van der Waals surface area (Å²) in [7, 11) is 0. The van der Waals surface area contributed by atoms with Gasteiger partial charge in [-0.15, -0.1) is 0 Å². The van der Waals surface area contributed by atoms with Gasteiger partial charge in [-0.3, -0.25) is 0 Å². The summed E-state index contributed by atoms with van der Waals surface area (Å²) in [6.45, 7) is 2.59. The highest BCUT2D eigenvalue weighted by Crippen LogP contribution is 2.20. The Morgan fingerprint density at radius 3 is 2.58 bits per heavy atom. The Hall–Kier alpha value is -1.94. The first-order chi connectivity index (χ1) is 9.10. The van der Waals surface area contributed by atoms with E-state index in [0.29, 0.717) is 6.54 Å². The van der Waals surface area contributed by atoms with Crippen LogP contribution in [-0.2, 0) is 13.2 Å². The van der Waals surface area contributed by atoms with Crippen molar-refractivity contribution in [3.8, 4) is 5.75 Å². The van der Waals surface area contributed by atoms with E-state index in [1.807, 2.05) is 25.1 Å². The molecule has 0 fully saturated rings. The Morgan fingerprint density at radius 1 is 1.11 bits per heavy atom. The number of hydrogen-bond acceptors (Lipinski definition) is 2. The van der Waals surface area contributed by atoms with Gasteiger partial charge in [0.2, 0.25) is 0 Å². The Kier molecular flexibility index (Phi) is 4.12. The van der Waals surface area contributed by atoms with Gasteiger partial charge < -0.3 is 10.5 Å². The smallest absolute Gasteiger partial charge is 0.165 e. The van der Waals surface area contributed by atoms with E-state index < -0.39 is 11.6 Å². The summed E-state index contributed by atoms with van der Waals surface area (Å²) in [5, 5.41) is 0. The van der Waals surface area contributed by atoms with Crippen LogP contribution < -0.4 is 10.5 Å². The van der Waals surface area contributed by atoms with Gasteiger partial charge in [0.25, 0.3) is 0 Å². The predicted molar refractivity (Wildman–Crippen MR) is 69.8 cm³/mol. The zero-order valence-corrected chi connectivity index (χ0v) is 10.6. The standard InChI is InChI=1S/C15H15F2NO/c1-10-6-11(8-18)2-3-12(10)9-19-15-7-13(16)4-5-14(15)17/h2-7H,8-9,18H2,1H3. The first kappa shape index (κ1) is 13.5. The van der Waals surface area contributed by atoms with E-state index in [4.69, 9.17) is 10.5 Å². The minimum Gasteiger partial charge on any atom is -0.486 e. The van der Waals surface area contributed by atoms with Crippen molar-refractivity contribution in [2.24, 2.45) is 5.73 Å². The Morgan fingerprint density at radius 2 is 1.89 bits per heavy atom. The van der Waals surface area contributed by atoms with E-state index in [9.17, 15) is 8.78 Å². The van der Waals surface area contributed by atoms with Gasteiger partial charge in [0.05, 0.1) is 0 Å². The quantitative estimate of drug-likeness (QED) is 0.918. The number of halogens is 2. The predicted octanol–water partition coefficient (Wildman–Crippen LogP) is 3.31. The first-order valence-electron chi connectivity index (χ1n) is 5.96. The van der Waals surface area contributed by atoms with E-state index in [1.165, 1.54) is 0 Å². The number of benzene rings is 2. The SMILES string of the molecule is Cc1cc(CN)ccc1COc1cc(F)ccc1F. The molecule has 100 valence electrons. The number of aryl methyl sites for hydroxylation is 1. The van der Waals surface area contributed by atoms with Crippen LogP contribution >= 0.6 is 0 Å². The van der Waals surface area contributed by atoms with E-state index >= 15 is 0 Å². The maximum atomic E-state index is 13.4. The molecule has 2 aromatic carbocycles. The Balaban J connectivity index is 2.12. The van der Waals surface area contributed by atoms with Crippen LogP contribution in [0.5, 0.6) is 5.75 Å². The fourth-order valence-corrected chi connectivity index (χ4v) is 1.79.